The molecule has 0 aliphatic carbocycles. The molecule has 10 rings (SSSR count). The van der Waals surface area contributed by atoms with Crippen LogP contribution >= 0.6 is 11.3 Å². The van der Waals surface area contributed by atoms with Crippen LogP contribution in [-0.4, -0.2) is 4.98 Å². The Morgan fingerprint density at radius 1 is 0.490 bits per heavy atom. The molecule has 0 amide bonds. The Kier molecular flexibility index (Phi) is 6.36. The fourth-order valence-electron chi connectivity index (χ4n) is 7.17. The molecule has 10 aromatic rings. The van der Waals surface area contributed by atoms with Gasteiger partial charge in [-0.2, -0.15) is 0 Å². The summed E-state index contributed by atoms with van der Waals surface area (Å²) in [6, 6.07) is 60.4. The molecular formula is C45H28N2OS. The third-order valence-electron chi connectivity index (χ3n) is 9.47. The monoisotopic (exact) mass is 644 g/mol. The van der Waals surface area contributed by atoms with Gasteiger partial charge in [-0.1, -0.05) is 115 Å². The van der Waals surface area contributed by atoms with Crippen LogP contribution in [0.15, 0.2) is 174 Å². The number of thiophene rings is 1. The number of aromatic nitrogens is 1. The molecule has 0 saturated heterocycles. The fourth-order valence-corrected chi connectivity index (χ4v) is 8.31. The summed E-state index contributed by atoms with van der Waals surface area (Å²) in [7, 11) is 0. The van der Waals surface area contributed by atoms with Crippen molar-refractivity contribution >= 4 is 81.2 Å². The summed E-state index contributed by atoms with van der Waals surface area (Å²) in [5.41, 5.74) is 8.33. The number of para-hydroxylation sites is 1. The predicted octanol–water partition coefficient (Wildman–Crippen LogP) is 13.3. The normalized spacial score (nSPS) is 11.7. The van der Waals surface area contributed by atoms with E-state index in [0.717, 1.165) is 55.3 Å². The second kappa shape index (κ2) is 11.2. The number of hydrogen-bond donors (Lipinski definition) is 0. The molecule has 0 atom stereocenters. The van der Waals surface area contributed by atoms with Gasteiger partial charge in [0.15, 0.2) is 5.58 Å². The quantitative estimate of drug-likeness (QED) is 0.175. The number of benzene rings is 8. The molecule has 0 aliphatic rings. The van der Waals surface area contributed by atoms with Gasteiger partial charge in [0.05, 0.1) is 5.69 Å². The number of hydrogen-bond acceptors (Lipinski definition) is 4. The fraction of sp³-hybridized carbons (Fsp3) is 0. The van der Waals surface area contributed by atoms with Gasteiger partial charge < -0.3 is 9.32 Å². The maximum atomic E-state index is 6.50. The molecule has 0 N–H and O–H groups in total. The summed E-state index contributed by atoms with van der Waals surface area (Å²) in [5.74, 6) is 0.636. The van der Waals surface area contributed by atoms with Crippen molar-refractivity contribution < 1.29 is 4.42 Å². The summed E-state index contributed by atoms with van der Waals surface area (Å²) in [4.78, 5) is 7.27. The third-order valence-corrected chi connectivity index (χ3v) is 10.6. The summed E-state index contributed by atoms with van der Waals surface area (Å²) in [6.07, 6.45) is 0. The predicted molar refractivity (Wildman–Crippen MR) is 207 cm³/mol. The van der Waals surface area contributed by atoms with E-state index in [0.29, 0.717) is 5.89 Å². The van der Waals surface area contributed by atoms with Gasteiger partial charge in [0, 0.05) is 48.1 Å². The Balaban J connectivity index is 1.19. The topological polar surface area (TPSA) is 29.3 Å². The van der Waals surface area contributed by atoms with Gasteiger partial charge in [0.1, 0.15) is 5.52 Å². The summed E-state index contributed by atoms with van der Waals surface area (Å²) >= 11 is 1.85. The van der Waals surface area contributed by atoms with E-state index in [1.165, 1.54) is 31.3 Å². The molecule has 3 nitrogen and oxygen atoms in total. The van der Waals surface area contributed by atoms with Crippen molar-refractivity contribution in [2.24, 2.45) is 0 Å². The Morgan fingerprint density at radius 3 is 2.00 bits per heavy atom. The highest BCUT2D eigenvalue weighted by Gasteiger charge is 2.20. The Bertz CT molecular complexity index is 2840. The van der Waals surface area contributed by atoms with Gasteiger partial charge >= 0.3 is 0 Å². The molecule has 0 spiro atoms. The van der Waals surface area contributed by atoms with Crippen molar-refractivity contribution in [1.82, 2.24) is 4.98 Å². The molecule has 8 aromatic carbocycles. The first kappa shape index (κ1) is 27.8. The Morgan fingerprint density at radius 2 is 1.14 bits per heavy atom. The first-order chi connectivity index (χ1) is 24.3. The highest BCUT2D eigenvalue weighted by molar-refractivity contribution is 7.25. The van der Waals surface area contributed by atoms with Crippen LogP contribution in [0.3, 0.4) is 0 Å². The van der Waals surface area contributed by atoms with Crippen LogP contribution in [0.4, 0.5) is 17.1 Å². The van der Waals surface area contributed by atoms with Crippen LogP contribution in [0.2, 0.25) is 0 Å². The van der Waals surface area contributed by atoms with Crippen molar-refractivity contribution in [2.45, 2.75) is 0 Å². The number of anilines is 3. The average Bonchev–Trinajstić information content (AvgIpc) is 3.77. The molecule has 0 aliphatic heterocycles. The number of nitrogens with zero attached hydrogens (tertiary/aromatic N) is 2. The Labute approximate surface area is 286 Å². The molecule has 0 unspecified atom stereocenters. The zero-order valence-electron chi connectivity index (χ0n) is 26.4. The highest BCUT2D eigenvalue weighted by atomic mass is 32.1. The van der Waals surface area contributed by atoms with Crippen LogP contribution in [0.25, 0.3) is 75.4 Å². The van der Waals surface area contributed by atoms with Gasteiger partial charge in [0.25, 0.3) is 0 Å². The number of oxazole rings is 1. The molecule has 0 fully saturated rings. The molecule has 4 heteroatoms. The van der Waals surface area contributed by atoms with Crippen LogP contribution in [-0.2, 0) is 0 Å². The van der Waals surface area contributed by atoms with E-state index in [9.17, 15) is 0 Å². The van der Waals surface area contributed by atoms with Gasteiger partial charge in [0.2, 0.25) is 5.89 Å². The molecule has 2 heterocycles. The molecule has 49 heavy (non-hydrogen) atoms. The zero-order valence-corrected chi connectivity index (χ0v) is 27.2. The summed E-state index contributed by atoms with van der Waals surface area (Å²) in [5, 5.41) is 7.08. The standard InChI is InChI=1S/C45H28N2OS/c1-3-11-29(12-4-1)35-15-7-9-17-40(35)47(34-23-25-38-37-16-8-10-18-41(37)49-42(38)28-34)33-22-24-36-32(27-33)20-19-30-21-26-39-44(43(30)36)48-45(46-39)31-13-5-2-6-14-31/h1-28H. The molecule has 0 radical (unpaired) electrons. The Hall–Kier alpha value is -6.23. The second-order valence-electron chi connectivity index (χ2n) is 12.4. The van der Waals surface area contributed by atoms with Crippen LogP contribution < -0.4 is 4.90 Å². The van der Waals surface area contributed by atoms with Crippen LogP contribution in [0.1, 0.15) is 0 Å². The molecular weight excluding hydrogens is 617 g/mol. The largest absolute Gasteiger partial charge is 0.435 e. The first-order valence-electron chi connectivity index (χ1n) is 16.5. The molecule has 230 valence electrons. The van der Waals surface area contributed by atoms with E-state index in [2.05, 4.69) is 144 Å². The summed E-state index contributed by atoms with van der Waals surface area (Å²) < 4.78 is 9.08. The lowest BCUT2D eigenvalue weighted by Crippen LogP contribution is -2.11. The third kappa shape index (κ3) is 4.61. The van der Waals surface area contributed by atoms with E-state index in [4.69, 9.17) is 9.40 Å². The van der Waals surface area contributed by atoms with E-state index in [1.807, 2.05) is 41.7 Å². The second-order valence-corrected chi connectivity index (χ2v) is 13.4. The maximum absolute atomic E-state index is 6.50. The van der Waals surface area contributed by atoms with Crippen molar-refractivity contribution in [3.63, 3.8) is 0 Å². The molecule has 0 bridgehead atoms. The minimum atomic E-state index is 0.636. The van der Waals surface area contributed by atoms with Gasteiger partial charge in [-0.05, 0) is 76.3 Å². The zero-order chi connectivity index (χ0) is 32.3. The van der Waals surface area contributed by atoms with Crippen molar-refractivity contribution in [3.05, 3.63) is 170 Å². The maximum Gasteiger partial charge on any atom is 0.227 e. The smallest absolute Gasteiger partial charge is 0.227 e. The highest BCUT2D eigenvalue weighted by Crippen LogP contribution is 2.45. The minimum absolute atomic E-state index is 0.636. The van der Waals surface area contributed by atoms with Gasteiger partial charge in [-0.15, -0.1) is 11.3 Å². The average molecular weight is 645 g/mol. The van der Waals surface area contributed by atoms with E-state index in [-0.39, 0.29) is 0 Å². The lowest BCUT2D eigenvalue weighted by atomic mass is 9.99. The van der Waals surface area contributed by atoms with E-state index < -0.39 is 0 Å². The van der Waals surface area contributed by atoms with Crippen molar-refractivity contribution in [3.8, 4) is 22.6 Å². The minimum Gasteiger partial charge on any atom is -0.435 e. The van der Waals surface area contributed by atoms with Crippen molar-refractivity contribution in [1.29, 1.82) is 0 Å². The molecule has 0 saturated carbocycles. The first-order valence-corrected chi connectivity index (χ1v) is 17.3. The van der Waals surface area contributed by atoms with E-state index in [1.54, 1.807) is 0 Å². The van der Waals surface area contributed by atoms with Gasteiger partial charge in [-0.3, -0.25) is 0 Å². The lowest BCUT2D eigenvalue weighted by molar-refractivity contribution is 0.623. The molecule has 2 aromatic heterocycles. The lowest BCUT2D eigenvalue weighted by Gasteiger charge is -2.28. The van der Waals surface area contributed by atoms with Crippen molar-refractivity contribution in [2.75, 3.05) is 4.90 Å². The number of fused-ring (bicyclic) bond motifs is 8. The van der Waals surface area contributed by atoms with Crippen LogP contribution in [0, 0.1) is 0 Å². The summed E-state index contributed by atoms with van der Waals surface area (Å²) in [6.45, 7) is 0. The number of rotatable bonds is 5. The van der Waals surface area contributed by atoms with Crippen LogP contribution in [0.5, 0.6) is 0 Å². The SMILES string of the molecule is c1ccc(-c2nc3ccc4ccc5cc(N(c6ccc7c(c6)sc6ccccc67)c6ccccc6-c6ccccc6)ccc5c4c3o2)cc1. The van der Waals surface area contributed by atoms with E-state index >= 15 is 0 Å². The van der Waals surface area contributed by atoms with Gasteiger partial charge in [-0.25, -0.2) is 4.98 Å².